The third-order valence-corrected chi connectivity index (χ3v) is 4.84. The number of fused-ring (bicyclic) bond motifs is 1. The monoisotopic (exact) mass is 532 g/mol. The summed E-state index contributed by atoms with van der Waals surface area (Å²) < 4.78 is 10.4. The maximum Gasteiger partial charge on any atom is 0.222 e. The van der Waals surface area contributed by atoms with E-state index in [1.54, 1.807) is 7.11 Å². The first-order chi connectivity index (χ1) is 14.2. The Bertz CT molecular complexity index is 643. The van der Waals surface area contributed by atoms with E-state index in [2.05, 4.69) is 33.8 Å². The molecule has 0 radical (unpaired) electrons. The molecular weight excluding hydrogens is 495 g/mol. The fourth-order valence-corrected chi connectivity index (χ4v) is 3.25. The third-order valence-electron chi connectivity index (χ3n) is 4.84. The average Bonchev–Trinajstić information content (AvgIpc) is 2.75. The zero-order valence-electron chi connectivity index (χ0n) is 18.3. The molecule has 0 aliphatic carbocycles. The zero-order valence-corrected chi connectivity index (χ0v) is 20.7. The fourth-order valence-electron chi connectivity index (χ4n) is 3.25. The van der Waals surface area contributed by atoms with Crippen LogP contribution in [0.3, 0.4) is 0 Å². The van der Waals surface area contributed by atoms with Crippen molar-refractivity contribution >= 4 is 35.8 Å². The molecule has 1 heterocycles. The maximum absolute atomic E-state index is 12.5. The largest absolute Gasteiger partial charge is 0.382 e. The van der Waals surface area contributed by atoms with Gasteiger partial charge in [-0.15, -0.1) is 24.0 Å². The molecule has 2 rings (SSSR count). The first-order valence-corrected chi connectivity index (χ1v) is 10.7. The summed E-state index contributed by atoms with van der Waals surface area (Å²) in [5, 5.41) is 6.55. The van der Waals surface area contributed by atoms with E-state index in [0.717, 1.165) is 51.4 Å². The highest BCUT2D eigenvalue weighted by Crippen LogP contribution is 2.19. The van der Waals surface area contributed by atoms with Gasteiger partial charge in [-0.1, -0.05) is 24.3 Å². The maximum atomic E-state index is 12.5. The number of guanidine groups is 1. The van der Waals surface area contributed by atoms with Gasteiger partial charge in [-0.3, -0.25) is 9.79 Å². The number of amides is 1. The van der Waals surface area contributed by atoms with E-state index in [4.69, 9.17) is 9.47 Å². The second-order valence-electron chi connectivity index (χ2n) is 7.08. The summed E-state index contributed by atoms with van der Waals surface area (Å²) in [5.74, 6) is 1.02. The van der Waals surface area contributed by atoms with Crippen LogP contribution in [-0.4, -0.2) is 69.9 Å². The van der Waals surface area contributed by atoms with Crippen LogP contribution in [0.2, 0.25) is 0 Å². The molecular formula is C22H37IN4O3. The fraction of sp³-hybridized carbons (Fsp3) is 0.636. The second kappa shape index (κ2) is 16.3. The van der Waals surface area contributed by atoms with Gasteiger partial charge in [0.25, 0.3) is 0 Å². The topological polar surface area (TPSA) is 75.2 Å². The lowest BCUT2D eigenvalue weighted by molar-refractivity contribution is -0.132. The Balaban J connectivity index is 0.00000450. The number of aliphatic imine (C=N–C) groups is 1. The molecule has 0 saturated carbocycles. The van der Waals surface area contributed by atoms with Gasteiger partial charge in [0.2, 0.25) is 5.91 Å². The highest BCUT2D eigenvalue weighted by Gasteiger charge is 2.19. The van der Waals surface area contributed by atoms with Gasteiger partial charge in [0, 0.05) is 52.9 Å². The van der Waals surface area contributed by atoms with Crippen LogP contribution in [0, 0.1) is 0 Å². The van der Waals surface area contributed by atoms with Crippen molar-refractivity contribution in [2.75, 3.05) is 53.1 Å². The van der Waals surface area contributed by atoms with Crippen molar-refractivity contribution in [2.24, 2.45) is 4.99 Å². The highest BCUT2D eigenvalue weighted by atomic mass is 127. The number of hydrogen-bond donors (Lipinski definition) is 2. The second-order valence-corrected chi connectivity index (χ2v) is 7.08. The third kappa shape index (κ3) is 10.1. The van der Waals surface area contributed by atoms with Crippen LogP contribution in [0.1, 0.15) is 37.3 Å². The van der Waals surface area contributed by atoms with Gasteiger partial charge in [0.05, 0.1) is 13.2 Å². The van der Waals surface area contributed by atoms with E-state index in [1.165, 1.54) is 11.1 Å². The summed E-state index contributed by atoms with van der Waals surface area (Å²) >= 11 is 0. The molecule has 8 heteroatoms. The number of methoxy groups -OCH3 is 1. The van der Waals surface area contributed by atoms with Gasteiger partial charge >= 0.3 is 0 Å². The highest BCUT2D eigenvalue weighted by molar-refractivity contribution is 14.0. The Labute approximate surface area is 198 Å². The molecule has 0 atom stereocenters. The minimum absolute atomic E-state index is 0. The van der Waals surface area contributed by atoms with Crippen LogP contribution < -0.4 is 10.6 Å². The van der Waals surface area contributed by atoms with E-state index < -0.39 is 0 Å². The van der Waals surface area contributed by atoms with Crippen LogP contribution in [-0.2, 0) is 27.2 Å². The molecule has 1 aliphatic heterocycles. The normalized spacial score (nSPS) is 13.4. The molecule has 0 spiro atoms. The predicted octanol–water partition coefficient (Wildman–Crippen LogP) is 2.58. The minimum atomic E-state index is 0. The first-order valence-electron chi connectivity index (χ1n) is 10.7. The Kier molecular flexibility index (Phi) is 14.5. The standard InChI is InChI=1S/C22H36N4O3.HI/c1-3-23-22(25-13-7-15-29-17-16-28-2)24-12-6-10-21(27)26-14-11-19-8-4-5-9-20(19)18-26;/h4-5,8-9H,3,6-7,10-18H2,1-2H3,(H2,23,24,25);1H. The van der Waals surface area contributed by atoms with Gasteiger partial charge in [-0.25, -0.2) is 0 Å². The van der Waals surface area contributed by atoms with Crippen molar-refractivity contribution < 1.29 is 14.3 Å². The van der Waals surface area contributed by atoms with Crippen molar-refractivity contribution in [1.82, 2.24) is 15.5 Å². The number of benzene rings is 1. The summed E-state index contributed by atoms with van der Waals surface area (Å²) in [6.45, 7) is 7.78. The number of carbonyl (C=O) groups excluding carboxylic acids is 1. The number of rotatable bonds is 12. The molecule has 0 fully saturated rings. The van der Waals surface area contributed by atoms with Gasteiger partial charge in [-0.05, 0) is 37.3 Å². The van der Waals surface area contributed by atoms with Crippen LogP contribution >= 0.6 is 24.0 Å². The van der Waals surface area contributed by atoms with E-state index in [0.29, 0.717) is 32.8 Å². The number of ether oxygens (including phenoxy) is 2. The predicted molar refractivity (Wildman–Crippen MR) is 132 cm³/mol. The molecule has 1 aromatic carbocycles. The lowest BCUT2D eigenvalue weighted by Crippen LogP contribution is -2.38. The van der Waals surface area contributed by atoms with Gasteiger partial charge in [-0.2, -0.15) is 0 Å². The molecule has 0 saturated heterocycles. The summed E-state index contributed by atoms with van der Waals surface area (Å²) in [5.41, 5.74) is 2.64. The molecule has 30 heavy (non-hydrogen) atoms. The molecule has 0 unspecified atom stereocenters. The van der Waals surface area contributed by atoms with Crippen LogP contribution in [0.15, 0.2) is 29.3 Å². The average molecular weight is 532 g/mol. The van der Waals surface area contributed by atoms with Crippen molar-refractivity contribution in [3.63, 3.8) is 0 Å². The van der Waals surface area contributed by atoms with Gasteiger partial charge in [0.15, 0.2) is 5.96 Å². The summed E-state index contributed by atoms with van der Waals surface area (Å²) in [7, 11) is 1.67. The van der Waals surface area contributed by atoms with Gasteiger partial charge in [0.1, 0.15) is 0 Å². The van der Waals surface area contributed by atoms with Crippen molar-refractivity contribution in [1.29, 1.82) is 0 Å². The number of nitrogens with one attached hydrogen (secondary N) is 2. The van der Waals surface area contributed by atoms with Crippen LogP contribution in [0.5, 0.6) is 0 Å². The van der Waals surface area contributed by atoms with E-state index in [9.17, 15) is 4.79 Å². The van der Waals surface area contributed by atoms with Crippen LogP contribution in [0.4, 0.5) is 0 Å². The zero-order chi connectivity index (χ0) is 20.7. The van der Waals surface area contributed by atoms with Crippen molar-refractivity contribution in [2.45, 2.75) is 39.2 Å². The lowest BCUT2D eigenvalue weighted by Gasteiger charge is -2.28. The molecule has 7 nitrogen and oxygen atoms in total. The van der Waals surface area contributed by atoms with Gasteiger partial charge < -0.3 is 25.0 Å². The number of nitrogens with zero attached hydrogens (tertiary/aromatic N) is 2. The molecule has 2 N–H and O–H groups in total. The summed E-state index contributed by atoms with van der Waals surface area (Å²) in [6, 6.07) is 8.39. The number of hydrogen-bond acceptors (Lipinski definition) is 4. The summed E-state index contributed by atoms with van der Waals surface area (Å²) in [6.07, 6.45) is 3.15. The Morgan fingerprint density at radius 1 is 1.13 bits per heavy atom. The molecule has 0 aromatic heterocycles. The Morgan fingerprint density at radius 3 is 2.70 bits per heavy atom. The molecule has 0 bridgehead atoms. The number of carbonyl (C=O) groups is 1. The number of halogens is 1. The molecule has 1 aromatic rings. The molecule has 1 amide bonds. The first kappa shape index (κ1) is 26.6. The Morgan fingerprint density at radius 2 is 1.93 bits per heavy atom. The summed E-state index contributed by atoms with van der Waals surface area (Å²) in [4.78, 5) is 19.1. The van der Waals surface area contributed by atoms with Crippen LogP contribution in [0.25, 0.3) is 0 Å². The SMILES string of the molecule is CCNC(=NCCCC(=O)N1CCc2ccccc2C1)NCCCOCCOC.I. The quantitative estimate of drug-likeness (QED) is 0.187. The molecule has 170 valence electrons. The molecule has 1 aliphatic rings. The lowest BCUT2D eigenvalue weighted by atomic mass is 9.99. The smallest absolute Gasteiger partial charge is 0.222 e. The van der Waals surface area contributed by atoms with E-state index in [-0.39, 0.29) is 29.9 Å². The van der Waals surface area contributed by atoms with Crippen molar-refractivity contribution in [3.05, 3.63) is 35.4 Å². The van der Waals surface area contributed by atoms with E-state index >= 15 is 0 Å². The minimum Gasteiger partial charge on any atom is -0.382 e. The Hall–Kier alpha value is -1.39. The van der Waals surface area contributed by atoms with Crippen molar-refractivity contribution in [3.8, 4) is 0 Å². The van der Waals surface area contributed by atoms with E-state index in [1.807, 2.05) is 17.9 Å².